The molecule has 0 aliphatic carbocycles. The number of furan rings is 1. The van der Waals surface area contributed by atoms with E-state index in [1.54, 1.807) is 34.1 Å². The van der Waals surface area contributed by atoms with Gasteiger partial charge in [-0.05, 0) is 55.3 Å². The van der Waals surface area contributed by atoms with Crippen LogP contribution in [0.4, 0.5) is 4.39 Å². The van der Waals surface area contributed by atoms with Gasteiger partial charge in [-0.1, -0.05) is 29.8 Å². The number of halogens is 1. The van der Waals surface area contributed by atoms with E-state index < -0.39 is 0 Å². The lowest BCUT2D eigenvalue weighted by Gasteiger charge is -2.34. The topological polar surface area (TPSA) is 63.0 Å². The summed E-state index contributed by atoms with van der Waals surface area (Å²) in [5, 5.41) is 0. The third-order valence-corrected chi connectivity index (χ3v) is 5.76. The summed E-state index contributed by atoms with van der Waals surface area (Å²) in [7, 11) is 0. The van der Waals surface area contributed by atoms with Crippen molar-refractivity contribution >= 4 is 11.8 Å². The van der Waals surface area contributed by atoms with Crippen molar-refractivity contribution in [2.45, 2.75) is 26.9 Å². The highest BCUT2D eigenvalue weighted by Gasteiger charge is 2.26. The maximum atomic E-state index is 13.0. The molecule has 2 amide bonds. The lowest BCUT2D eigenvalue weighted by atomic mass is 10.1. The molecule has 7 heteroatoms. The van der Waals surface area contributed by atoms with E-state index >= 15 is 0 Å². The highest BCUT2D eigenvalue weighted by Crippen LogP contribution is 2.21. The molecule has 33 heavy (non-hydrogen) atoms. The molecule has 0 radical (unpaired) electrons. The van der Waals surface area contributed by atoms with E-state index in [1.807, 2.05) is 26.0 Å². The standard InChI is InChI=1S/C26H27FN2O4/c1-18-3-9-23(19(2)15-18)32-17-22-8-10-24(33-22)26(31)29-13-11-28(12-14-29)25(30)16-20-4-6-21(27)7-5-20/h3-10,15H,11-14,16-17H2,1-2H3. The Balaban J connectivity index is 1.27. The molecular weight excluding hydrogens is 423 g/mol. The number of carbonyl (C=O) groups is 2. The number of rotatable bonds is 6. The van der Waals surface area contributed by atoms with E-state index in [4.69, 9.17) is 9.15 Å². The van der Waals surface area contributed by atoms with Crippen molar-refractivity contribution in [1.29, 1.82) is 0 Å². The number of ether oxygens (including phenoxy) is 1. The molecule has 0 unspecified atom stereocenters. The Labute approximate surface area is 192 Å². The molecule has 0 saturated carbocycles. The van der Waals surface area contributed by atoms with Crippen molar-refractivity contribution in [3.63, 3.8) is 0 Å². The van der Waals surface area contributed by atoms with Crippen LogP contribution in [0.3, 0.4) is 0 Å². The zero-order valence-corrected chi connectivity index (χ0v) is 18.8. The molecule has 0 N–H and O–H groups in total. The molecule has 1 saturated heterocycles. The van der Waals surface area contributed by atoms with Gasteiger partial charge < -0.3 is 19.0 Å². The van der Waals surface area contributed by atoms with Crippen LogP contribution >= 0.6 is 0 Å². The second kappa shape index (κ2) is 9.90. The molecule has 1 aliphatic rings. The zero-order chi connectivity index (χ0) is 23.4. The third kappa shape index (κ3) is 5.61. The predicted octanol–water partition coefficient (Wildman–Crippen LogP) is 4.14. The first kappa shape index (κ1) is 22.6. The SMILES string of the molecule is Cc1ccc(OCc2ccc(C(=O)N3CCN(C(=O)Cc4ccc(F)cc4)CC3)o2)c(C)c1. The molecule has 3 aromatic rings. The monoisotopic (exact) mass is 450 g/mol. The molecule has 0 bridgehead atoms. The molecule has 2 aromatic carbocycles. The van der Waals surface area contributed by atoms with Gasteiger partial charge >= 0.3 is 0 Å². The van der Waals surface area contributed by atoms with Gasteiger partial charge in [0.15, 0.2) is 5.76 Å². The third-order valence-electron chi connectivity index (χ3n) is 5.76. The largest absolute Gasteiger partial charge is 0.485 e. The van der Waals surface area contributed by atoms with Crippen LogP contribution in [-0.4, -0.2) is 47.8 Å². The molecule has 2 heterocycles. The highest BCUT2D eigenvalue weighted by molar-refractivity contribution is 5.91. The smallest absolute Gasteiger partial charge is 0.289 e. The second-order valence-corrected chi connectivity index (χ2v) is 8.30. The molecular formula is C26H27FN2O4. The molecule has 0 atom stereocenters. The predicted molar refractivity (Wildman–Crippen MR) is 122 cm³/mol. The molecule has 0 spiro atoms. The Kier molecular flexibility index (Phi) is 6.77. The van der Waals surface area contributed by atoms with Crippen LogP contribution in [0.15, 0.2) is 59.0 Å². The number of piperazine rings is 1. The average molecular weight is 451 g/mol. The minimum atomic E-state index is -0.323. The van der Waals surface area contributed by atoms with Crippen LogP contribution in [0.25, 0.3) is 0 Å². The van der Waals surface area contributed by atoms with Gasteiger partial charge in [-0.3, -0.25) is 9.59 Å². The van der Waals surface area contributed by atoms with E-state index in [-0.39, 0.29) is 36.4 Å². The van der Waals surface area contributed by atoms with Crippen molar-refractivity contribution in [3.05, 3.63) is 88.6 Å². The molecule has 6 nitrogen and oxygen atoms in total. The van der Waals surface area contributed by atoms with Crippen molar-refractivity contribution in [3.8, 4) is 5.75 Å². The van der Waals surface area contributed by atoms with Crippen molar-refractivity contribution in [2.24, 2.45) is 0 Å². The van der Waals surface area contributed by atoms with Gasteiger partial charge in [-0.15, -0.1) is 0 Å². The normalized spacial score (nSPS) is 13.8. The molecule has 1 aliphatic heterocycles. The van der Waals surface area contributed by atoms with Crippen molar-refractivity contribution < 1.29 is 23.1 Å². The van der Waals surface area contributed by atoms with E-state index in [9.17, 15) is 14.0 Å². The summed E-state index contributed by atoms with van der Waals surface area (Å²) in [6, 6.07) is 15.3. The number of benzene rings is 2. The van der Waals surface area contributed by atoms with Crippen LogP contribution in [0, 0.1) is 19.7 Å². The van der Waals surface area contributed by atoms with Gasteiger partial charge in [0.05, 0.1) is 6.42 Å². The van der Waals surface area contributed by atoms with E-state index in [0.717, 1.165) is 16.9 Å². The van der Waals surface area contributed by atoms with Gasteiger partial charge in [0.2, 0.25) is 5.91 Å². The quantitative estimate of drug-likeness (QED) is 0.566. The number of nitrogens with zero attached hydrogens (tertiary/aromatic N) is 2. The van der Waals surface area contributed by atoms with E-state index in [1.165, 1.54) is 17.7 Å². The lowest BCUT2D eigenvalue weighted by Crippen LogP contribution is -2.50. The Morgan fingerprint density at radius 3 is 2.33 bits per heavy atom. The first-order valence-corrected chi connectivity index (χ1v) is 11.0. The Morgan fingerprint density at radius 2 is 1.64 bits per heavy atom. The average Bonchev–Trinajstić information content (AvgIpc) is 3.29. The van der Waals surface area contributed by atoms with Gasteiger partial charge in [0, 0.05) is 26.2 Å². The maximum Gasteiger partial charge on any atom is 0.289 e. The molecule has 1 aromatic heterocycles. The Morgan fingerprint density at radius 1 is 0.939 bits per heavy atom. The van der Waals surface area contributed by atoms with Crippen molar-refractivity contribution in [2.75, 3.05) is 26.2 Å². The highest BCUT2D eigenvalue weighted by atomic mass is 19.1. The summed E-state index contributed by atoms with van der Waals surface area (Å²) in [6.07, 6.45) is 0.218. The Bertz CT molecular complexity index is 1130. The van der Waals surface area contributed by atoms with E-state index in [0.29, 0.717) is 31.9 Å². The van der Waals surface area contributed by atoms with Gasteiger partial charge in [0.1, 0.15) is 23.9 Å². The molecule has 1 fully saturated rings. The number of hydrogen-bond acceptors (Lipinski definition) is 4. The number of hydrogen-bond donors (Lipinski definition) is 0. The van der Waals surface area contributed by atoms with Gasteiger partial charge in [0.25, 0.3) is 5.91 Å². The fourth-order valence-corrected chi connectivity index (χ4v) is 3.88. The first-order chi connectivity index (χ1) is 15.9. The summed E-state index contributed by atoms with van der Waals surface area (Å²) in [5.41, 5.74) is 2.98. The number of amides is 2. The van der Waals surface area contributed by atoms with Gasteiger partial charge in [-0.2, -0.15) is 0 Å². The zero-order valence-electron chi connectivity index (χ0n) is 18.8. The van der Waals surface area contributed by atoms with Crippen molar-refractivity contribution in [1.82, 2.24) is 9.80 Å². The van der Waals surface area contributed by atoms with Crippen LogP contribution in [0.2, 0.25) is 0 Å². The van der Waals surface area contributed by atoms with Crippen LogP contribution < -0.4 is 4.74 Å². The fourth-order valence-electron chi connectivity index (χ4n) is 3.88. The minimum absolute atomic E-state index is 0.0301. The summed E-state index contributed by atoms with van der Waals surface area (Å²) in [6.45, 7) is 6.03. The Hall–Kier alpha value is -3.61. The van der Waals surface area contributed by atoms with Gasteiger partial charge in [-0.25, -0.2) is 4.39 Å². The summed E-state index contributed by atoms with van der Waals surface area (Å²) in [5.74, 6) is 1.07. The van der Waals surface area contributed by atoms with Crippen LogP contribution in [0.1, 0.15) is 33.0 Å². The fraction of sp³-hybridized carbons (Fsp3) is 0.308. The molecule has 172 valence electrons. The van der Waals surface area contributed by atoms with E-state index in [2.05, 4.69) is 6.07 Å². The molecule has 4 rings (SSSR count). The van der Waals surface area contributed by atoms with Crippen LogP contribution in [0.5, 0.6) is 5.75 Å². The summed E-state index contributed by atoms with van der Waals surface area (Å²) in [4.78, 5) is 28.8. The lowest BCUT2D eigenvalue weighted by molar-refractivity contribution is -0.131. The summed E-state index contributed by atoms with van der Waals surface area (Å²) < 4.78 is 24.6. The maximum absolute atomic E-state index is 13.0. The summed E-state index contributed by atoms with van der Waals surface area (Å²) >= 11 is 0. The minimum Gasteiger partial charge on any atom is -0.485 e. The first-order valence-electron chi connectivity index (χ1n) is 11.0. The van der Waals surface area contributed by atoms with Crippen LogP contribution in [-0.2, 0) is 17.8 Å². The number of aryl methyl sites for hydroxylation is 2. The number of carbonyl (C=O) groups excluding carboxylic acids is 2. The second-order valence-electron chi connectivity index (χ2n) is 8.30.